The zero-order valence-corrected chi connectivity index (χ0v) is 18.6. The van der Waals surface area contributed by atoms with Gasteiger partial charge in [0.25, 0.3) is 0 Å². The van der Waals surface area contributed by atoms with E-state index in [1.807, 2.05) is 34.1 Å². The van der Waals surface area contributed by atoms with Crippen molar-refractivity contribution in [1.82, 2.24) is 15.1 Å². The molecule has 166 valence electrons. The zero-order valence-electron chi connectivity index (χ0n) is 17.8. The predicted octanol–water partition coefficient (Wildman–Crippen LogP) is 2.39. The normalized spacial score (nSPS) is 18.7. The van der Waals surface area contributed by atoms with E-state index in [2.05, 4.69) is 10.3 Å². The van der Waals surface area contributed by atoms with Gasteiger partial charge in [0.1, 0.15) is 0 Å². The minimum atomic E-state index is 0.110. The summed E-state index contributed by atoms with van der Waals surface area (Å²) in [5.41, 5.74) is 1.09. The first kappa shape index (κ1) is 22.8. The molecule has 0 atom stereocenters. The van der Waals surface area contributed by atoms with Gasteiger partial charge < -0.3 is 24.6 Å². The van der Waals surface area contributed by atoms with E-state index in [1.54, 1.807) is 7.05 Å². The maximum Gasteiger partial charge on any atom is 0.242 e. The van der Waals surface area contributed by atoms with E-state index >= 15 is 0 Å². The maximum atomic E-state index is 12.6. The number of hydrogen-bond acceptors (Lipinski definition) is 4. The highest BCUT2D eigenvalue weighted by atomic mass is 35.5. The molecule has 1 aromatic rings. The number of nitrogens with zero attached hydrogens (tertiary/aromatic N) is 3. The molecule has 1 amide bonds. The van der Waals surface area contributed by atoms with E-state index in [0.717, 1.165) is 70.3 Å². The van der Waals surface area contributed by atoms with Crippen molar-refractivity contribution in [3.63, 3.8) is 0 Å². The Bertz CT molecular complexity index is 692. The molecule has 2 aliphatic heterocycles. The molecule has 0 saturated carbocycles. The fraction of sp³-hybridized carbons (Fsp3) is 0.636. The summed E-state index contributed by atoms with van der Waals surface area (Å²) in [7, 11) is 1.76. The summed E-state index contributed by atoms with van der Waals surface area (Å²) in [6.07, 6.45) is 3.11. The van der Waals surface area contributed by atoms with Gasteiger partial charge in [-0.2, -0.15) is 0 Å². The zero-order chi connectivity index (χ0) is 21.2. The van der Waals surface area contributed by atoms with Crippen molar-refractivity contribution in [1.29, 1.82) is 0 Å². The molecule has 3 rings (SSSR count). The number of rotatable bonds is 8. The Kier molecular flexibility index (Phi) is 9.24. The molecule has 7 nitrogen and oxygen atoms in total. The standard InChI is InChI=1S/C22H33ClN4O3/c1-24-22(25-9-2-12-30-17-19-7-13-29-14-8-19)27-11-10-26(21(28)16-27)15-18-3-5-20(23)6-4-18/h3-6,19H,2,7-17H2,1H3,(H,24,25). The van der Waals surface area contributed by atoms with E-state index in [1.165, 1.54) is 0 Å². The van der Waals surface area contributed by atoms with Crippen molar-refractivity contribution in [3.8, 4) is 0 Å². The number of halogens is 1. The molecule has 0 radical (unpaired) electrons. The van der Waals surface area contributed by atoms with E-state index in [-0.39, 0.29) is 5.91 Å². The van der Waals surface area contributed by atoms with Crippen LogP contribution in [0.25, 0.3) is 0 Å². The van der Waals surface area contributed by atoms with Crippen molar-refractivity contribution in [2.24, 2.45) is 10.9 Å². The molecule has 0 bridgehead atoms. The van der Waals surface area contributed by atoms with Crippen LogP contribution < -0.4 is 5.32 Å². The molecule has 2 saturated heterocycles. The molecule has 8 heteroatoms. The number of hydrogen-bond donors (Lipinski definition) is 1. The number of ether oxygens (including phenoxy) is 2. The fourth-order valence-electron chi connectivity index (χ4n) is 3.74. The van der Waals surface area contributed by atoms with Gasteiger partial charge in [-0.15, -0.1) is 0 Å². The van der Waals surface area contributed by atoms with Crippen molar-refractivity contribution in [2.45, 2.75) is 25.8 Å². The summed E-state index contributed by atoms with van der Waals surface area (Å²) >= 11 is 5.94. The number of benzene rings is 1. The van der Waals surface area contributed by atoms with Crippen LogP contribution in [0.3, 0.4) is 0 Å². The number of amides is 1. The van der Waals surface area contributed by atoms with Gasteiger partial charge in [0.05, 0.1) is 6.54 Å². The smallest absolute Gasteiger partial charge is 0.242 e. The average Bonchev–Trinajstić information content (AvgIpc) is 2.77. The number of carbonyl (C=O) groups excluding carboxylic acids is 1. The summed E-state index contributed by atoms with van der Waals surface area (Å²) in [6.45, 7) is 6.44. The summed E-state index contributed by atoms with van der Waals surface area (Å²) in [4.78, 5) is 20.9. The van der Waals surface area contributed by atoms with Crippen molar-refractivity contribution in [3.05, 3.63) is 34.9 Å². The van der Waals surface area contributed by atoms with Gasteiger partial charge in [-0.3, -0.25) is 9.79 Å². The molecular formula is C22H33ClN4O3. The molecule has 0 spiro atoms. The van der Waals surface area contributed by atoms with Crippen molar-refractivity contribution < 1.29 is 14.3 Å². The number of carbonyl (C=O) groups is 1. The molecule has 2 fully saturated rings. The highest BCUT2D eigenvalue weighted by molar-refractivity contribution is 6.30. The fourth-order valence-corrected chi connectivity index (χ4v) is 3.86. The van der Waals surface area contributed by atoms with Crippen LogP contribution in [0, 0.1) is 5.92 Å². The number of nitrogens with one attached hydrogen (secondary N) is 1. The summed E-state index contributed by atoms with van der Waals surface area (Å²) in [6, 6.07) is 7.65. The molecule has 1 N–H and O–H groups in total. The van der Waals surface area contributed by atoms with Crippen LogP contribution >= 0.6 is 11.6 Å². The monoisotopic (exact) mass is 436 g/mol. The highest BCUT2D eigenvalue weighted by Crippen LogP contribution is 2.15. The molecule has 2 heterocycles. The number of piperazine rings is 1. The van der Waals surface area contributed by atoms with Crippen LogP contribution in [-0.2, 0) is 20.8 Å². The number of aliphatic imine (C=N–C) groups is 1. The third-order valence-electron chi connectivity index (χ3n) is 5.56. The van der Waals surface area contributed by atoms with E-state index in [9.17, 15) is 4.79 Å². The van der Waals surface area contributed by atoms with Crippen LogP contribution in [0.1, 0.15) is 24.8 Å². The maximum absolute atomic E-state index is 12.6. The largest absolute Gasteiger partial charge is 0.381 e. The lowest BCUT2D eigenvalue weighted by molar-refractivity contribution is -0.135. The van der Waals surface area contributed by atoms with Crippen LogP contribution in [0.5, 0.6) is 0 Å². The quantitative estimate of drug-likeness (QED) is 0.385. The van der Waals surface area contributed by atoms with Crippen LogP contribution in [-0.4, -0.2) is 81.3 Å². The second-order valence-electron chi connectivity index (χ2n) is 7.82. The van der Waals surface area contributed by atoms with Crippen LogP contribution in [0.4, 0.5) is 0 Å². The van der Waals surface area contributed by atoms with Gasteiger partial charge in [0.2, 0.25) is 5.91 Å². The second kappa shape index (κ2) is 12.1. The Hall–Kier alpha value is -1.83. The first-order valence-electron chi connectivity index (χ1n) is 10.8. The SMILES string of the molecule is CN=C(NCCCOCC1CCOCC1)N1CCN(Cc2ccc(Cl)cc2)C(=O)C1. The lowest BCUT2D eigenvalue weighted by Crippen LogP contribution is -2.55. The predicted molar refractivity (Wildman–Crippen MR) is 119 cm³/mol. The van der Waals surface area contributed by atoms with Crippen LogP contribution in [0.2, 0.25) is 5.02 Å². The molecule has 0 aliphatic carbocycles. The minimum Gasteiger partial charge on any atom is -0.381 e. The van der Waals surface area contributed by atoms with Gasteiger partial charge in [0, 0.05) is 64.7 Å². The Morgan fingerprint density at radius 2 is 2.03 bits per heavy atom. The van der Waals surface area contributed by atoms with Gasteiger partial charge in [-0.05, 0) is 42.9 Å². The molecule has 1 aromatic carbocycles. The first-order chi connectivity index (χ1) is 14.7. The minimum absolute atomic E-state index is 0.110. The van der Waals surface area contributed by atoms with Crippen molar-refractivity contribution in [2.75, 3.05) is 59.7 Å². The lowest BCUT2D eigenvalue weighted by Gasteiger charge is -2.36. The van der Waals surface area contributed by atoms with Gasteiger partial charge in [-0.25, -0.2) is 0 Å². The summed E-state index contributed by atoms with van der Waals surface area (Å²) in [5, 5.41) is 4.07. The van der Waals surface area contributed by atoms with Gasteiger partial charge >= 0.3 is 0 Å². The van der Waals surface area contributed by atoms with Crippen molar-refractivity contribution >= 4 is 23.5 Å². The second-order valence-corrected chi connectivity index (χ2v) is 8.26. The molecular weight excluding hydrogens is 404 g/mol. The highest BCUT2D eigenvalue weighted by Gasteiger charge is 2.25. The first-order valence-corrected chi connectivity index (χ1v) is 11.2. The Morgan fingerprint density at radius 1 is 1.27 bits per heavy atom. The molecule has 0 aromatic heterocycles. The lowest BCUT2D eigenvalue weighted by atomic mass is 10.0. The third kappa shape index (κ3) is 7.15. The Balaban J connectivity index is 1.33. The molecule has 0 unspecified atom stereocenters. The Morgan fingerprint density at radius 3 is 2.73 bits per heavy atom. The summed E-state index contributed by atoms with van der Waals surface area (Å²) < 4.78 is 11.2. The van der Waals surface area contributed by atoms with E-state index in [0.29, 0.717) is 30.6 Å². The number of guanidine groups is 1. The average molecular weight is 437 g/mol. The van der Waals surface area contributed by atoms with Gasteiger partial charge in [0.15, 0.2) is 5.96 Å². The third-order valence-corrected chi connectivity index (χ3v) is 5.81. The van der Waals surface area contributed by atoms with Gasteiger partial charge in [-0.1, -0.05) is 23.7 Å². The Labute approximate surface area is 184 Å². The molecule has 2 aliphatic rings. The van der Waals surface area contributed by atoms with E-state index in [4.69, 9.17) is 21.1 Å². The van der Waals surface area contributed by atoms with Crippen LogP contribution in [0.15, 0.2) is 29.3 Å². The molecule has 30 heavy (non-hydrogen) atoms. The summed E-state index contributed by atoms with van der Waals surface area (Å²) in [5.74, 6) is 1.52. The topological polar surface area (TPSA) is 66.4 Å². The van der Waals surface area contributed by atoms with E-state index < -0.39 is 0 Å².